The van der Waals surface area contributed by atoms with Gasteiger partial charge in [0.15, 0.2) is 0 Å². The van der Waals surface area contributed by atoms with Gasteiger partial charge in [-0.15, -0.1) is 23.5 Å². The minimum atomic E-state index is -3.68. The molecule has 1 N–H and O–H groups in total. The molecule has 3 heterocycles. The highest BCUT2D eigenvalue weighted by Gasteiger charge is 2.69. The summed E-state index contributed by atoms with van der Waals surface area (Å²) < 4.78 is 32.6. The summed E-state index contributed by atoms with van der Waals surface area (Å²) in [6.45, 7) is 4.19. The highest BCUT2D eigenvalue weighted by Crippen LogP contribution is 2.68. The number of sulfonamides is 1. The van der Waals surface area contributed by atoms with Gasteiger partial charge in [-0.25, -0.2) is 4.83 Å². The van der Waals surface area contributed by atoms with Gasteiger partial charge in [0.1, 0.15) is 0 Å². The van der Waals surface area contributed by atoms with Crippen LogP contribution in [-0.4, -0.2) is 41.9 Å². The van der Waals surface area contributed by atoms with E-state index in [1.807, 2.05) is 25.3 Å². The molecule has 0 unspecified atom stereocenters. The van der Waals surface area contributed by atoms with Gasteiger partial charge in [0.2, 0.25) is 0 Å². The zero-order chi connectivity index (χ0) is 21.7. The summed E-state index contributed by atoms with van der Waals surface area (Å²) in [5, 5.41) is 4.38. The predicted octanol–water partition coefficient (Wildman–Crippen LogP) is 4.95. The van der Waals surface area contributed by atoms with E-state index in [4.69, 9.17) is 4.74 Å². The zero-order valence-electron chi connectivity index (χ0n) is 18.3. The van der Waals surface area contributed by atoms with Crippen LogP contribution in [-0.2, 0) is 14.8 Å². The Kier molecular flexibility index (Phi) is 5.68. The van der Waals surface area contributed by atoms with Crippen LogP contribution in [0, 0.1) is 18.3 Å². The first-order valence-corrected chi connectivity index (χ1v) is 14.8. The van der Waals surface area contributed by atoms with Crippen LogP contribution >= 0.6 is 23.5 Å². The molecule has 1 spiro atoms. The number of aryl methyl sites for hydroxylation is 1. The summed E-state index contributed by atoms with van der Waals surface area (Å²) in [5.41, 5.74) is 0.557. The third-order valence-electron chi connectivity index (χ3n) is 7.92. The number of ether oxygens (including phenoxy) is 1. The molecule has 5 nitrogen and oxygen atoms in total. The first kappa shape index (κ1) is 22.1. The van der Waals surface area contributed by atoms with Crippen LogP contribution < -0.4 is 4.83 Å². The maximum atomic E-state index is 12.8. The van der Waals surface area contributed by atoms with Crippen molar-refractivity contribution in [1.82, 2.24) is 4.83 Å². The van der Waals surface area contributed by atoms with Gasteiger partial charge in [-0.1, -0.05) is 30.5 Å². The third kappa shape index (κ3) is 3.56. The molecule has 170 valence electrons. The van der Waals surface area contributed by atoms with E-state index in [0.29, 0.717) is 5.92 Å². The molecule has 1 aliphatic carbocycles. The van der Waals surface area contributed by atoms with Crippen molar-refractivity contribution < 1.29 is 13.2 Å². The number of nitrogens with one attached hydrogen (secondary N) is 1. The maximum Gasteiger partial charge on any atom is 0.276 e. The third-order valence-corrected chi connectivity index (χ3v) is 12.7. The van der Waals surface area contributed by atoms with Crippen LogP contribution in [0.25, 0.3) is 0 Å². The van der Waals surface area contributed by atoms with Gasteiger partial charge < -0.3 is 4.74 Å². The van der Waals surface area contributed by atoms with E-state index in [2.05, 4.69) is 40.4 Å². The minimum absolute atomic E-state index is 0.163. The van der Waals surface area contributed by atoms with E-state index in [-0.39, 0.29) is 26.1 Å². The summed E-state index contributed by atoms with van der Waals surface area (Å²) in [7, 11) is -3.68. The average molecular weight is 481 g/mol. The second kappa shape index (κ2) is 7.96. The summed E-state index contributed by atoms with van der Waals surface area (Å²) in [5.74, 6) is 2.83. The minimum Gasteiger partial charge on any atom is -0.368 e. The van der Waals surface area contributed by atoms with Crippen molar-refractivity contribution in [2.75, 3.05) is 11.5 Å². The molecule has 2 bridgehead atoms. The summed E-state index contributed by atoms with van der Waals surface area (Å²) in [6.07, 6.45) is 10.1. The Morgan fingerprint density at radius 2 is 1.84 bits per heavy atom. The maximum absolute atomic E-state index is 12.8. The van der Waals surface area contributed by atoms with Crippen molar-refractivity contribution in [2.45, 2.75) is 79.5 Å². The van der Waals surface area contributed by atoms with E-state index in [1.165, 1.54) is 30.8 Å². The molecule has 4 aliphatic rings. The van der Waals surface area contributed by atoms with Gasteiger partial charge in [-0.3, -0.25) is 0 Å². The molecule has 4 fully saturated rings. The highest BCUT2D eigenvalue weighted by atomic mass is 32.2. The van der Waals surface area contributed by atoms with Crippen molar-refractivity contribution >= 4 is 39.8 Å². The molecule has 0 aromatic heterocycles. The second-order valence-electron chi connectivity index (χ2n) is 9.69. The molecular weight excluding hydrogens is 448 g/mol. The lowest BCUT2D eigenvalue weighted by molar-refractivity contribution is -0.0922. The Balaban J connectivity index is 1.43. The molecule has 4 atom stereocenters. The van der Waals surface area contributed by atoms with Crippen LogP contribution in [0.1, 0.15) is 57.4 Å². The SMILES string of the molecule is Cc1ccc(S(=O)(=O)N/N=C/[C@]23CCCC[C@H]2[C@H]2O[C@]3(C)CCC23SCCCS3)cc1. The lowest BCUT2D eigenvalue weighted by Gasteiger charge is -2.47. The lowest BCUT2D eigenvalue weighted by Crippen LogP contribution is -2.49. The molecule has 31 heavy (non-hydrogen) atoms. The largest absolute Gasteiger partial charge is 0.368 e. The Morgan fingerprint density at radius 1 is 1.10 bits per heavy atom. The molecular formula is C23H32N2O3S3. The van der Waals surface area contributed by atoms with Crippen molar-refractivity contribution in [2.24, 2.45) is 16.4 Å². The molecule has 3 saturated heterocycles. The van der Waals surface area contributed by atoms with Crippen molar-refractivity contribution in [3.63, 3.8) is 0 Å². The van der Waals surface area contributed by atoms with Crippen molar-refractivity contribution in [3.05, 3.63) is 29.8 Å². The summed E-state index contributed by atoms with van der Waals surface area (Å²) >= 11 is 4.21. The van der Waals surface area contributed by atoms with Gasteiger partial charge in [0, 0.05) is 17.5 Å². The average Bonchev–Trinajstić information content (AvgIpc) is 2.99. The quantitative estimate of drug-likeness (QED) is 0.488. The number of rotatable bonds is 4. The molecule has 3 aliphatic heterocycles. The predicted molar refractivity (Wildman–Crippen MR) is 129 cm³/mol. The smallest absolute Gasteiger partial charge is 0.276 e. The zero-order valence-corrected chi connectivity index (χ0v) is 20.8. The number of hydrogen-bond donors (Lipinski definition) is 1. The number of thioether (sulfide) groups is 2. The molecule has 5 rings (SSSR count). The van der Waals surface area contributed by atoms with Gasteiger partial charge in [0.05, 0.1) is 20.7 Å². The summed E-state index contributed by atoms with van der Waals surface area (Å²) in [4.78, 5) is 2.74. The standard InChI is InChI=1S/C23H32N2O3S3/c1-17-7-9-18(10-8-17)31(26,27)25-24-16-22-11-4-3-6-19(22)20-23(29-14-5-15-30-23)13-12-21(22,2)28-20/h7-10,16,19-20,25H,3-6,11-15H2,1-2H3/b24-16+/t19-,20+,21+,22+/m0/s1. The van der Waals surface area contributed by atoms with Gasteiger partial charge >= 0.3 is 0 Å². The summed E-state index contributed by atoms with van der Waals surface area (Å²) in [6, 6.07) is 6.87. The number of benzene rings is 1. The van der Waals surface area contributed by atoms with Gasteiger partial charge in [-0.05, 0) is 69.6 Å². The second-order valence-corrected chi connectivity index (χ2v) is 14.5. The molecule has 1 aromatic carbocycles. The number of nitrogens with zero attached hydrogens (tertiary/aromatic N) is 1. The lowest BCUT2D eigenvalue weighted by atomic mass is 9.59. The molecule has 1 aromatic rings. The first-order chi connectivity index (χ1) is 14.8. The monoisotopic (exact) mass is 480 g/mol. The van der Waals surface area contributed by atoms with E-state index >= 15 is 0 Å². The van der Waals surface area contributed by atoms with Crippen LogP contribution in [0.4, 0.5) is 0 Å². The Labute approximate surface area is 194 Å². The topological polar surface area (TPSA) is 67.8 Å². The van der Waals surface area contributed by atoms with E-state index in [1.54, 1.807) is 12.1 Å². The van der Waals surface area contributed by atoms with Gasteiger partial charge in [-0.2, -0.15) is 13.5 Å². The fraction of sp³-hybridized carbons (Fsp3) is 0.696. The molecule has 0 radical (unpaired) electrons. The van der Waals surface area contributed by atoms with E-state index in [0.717, 1.165) is 31.2 Å². The Hall–Kier alpha value is -0.700. The fourth-order valence-corrected chi connectivity index (χ4v) is 10.5. The van der Waals surface area contributed by atoms with Crippen LogP contribution in [0.2, 0.25) is 0 Å². The van der Waals surface area contributed by atoms with Crippen LogP contribution in [0.3, 0.4) is 0 Å². The fourth-order valence-electron chi connectivity index (χ4n) is 6.19. The number of fused-ring (bicyclic) bond motifs is 6. The number of hydrazone groups is 1. The van der Waals surface area contributed by atoms with Crippen LogP contribution in [0.5, 0.6) is 0 Å². The van der Waals surface area contributed by atoms with Crippen molar-refractivity contribution in [1.29, 1.82) is 0 Å². The molecule has 8 heteroatoms. The first-order valence-electron chi connectivity index (χ1n) is 11.4. The highest BCUT2D eigenvalue weighted by molar-refractivity contribution is 8.18. The normalized spacial score (nSPS) is 37.1. The Morgan fingerprint density at radius 3 is 2.58 bits per heavy atom. The molecule has 1 saturated carbocycles. The van der Waals surface area contributed by atoms with E-state index < -0.39 is 10.0 Å². The number of hydrogen-bond acceptors (Lipinski definition) is 6. The van der Waals surface area contributed by atoms with E-state index in [9.17, 15) is 8.42 Å². The molecule has 0 amide bonds. The van der Waals surface area contributed by atoms with Crippen LogP contribution in [0.15, 0.2) is 34.3 Å². The van der Waals surface area contributed by atoms with Crippen molar-refractivity contribution in [3.8, 4) is 0 Å². The van der Waals surface area contributed by atoms with Gasteiger partial charge in [0.25, 0.3) is 10.0 Å². The Bertz CT molecular complexity index is 959.